The van der Waals surface area contributed by atoms with Crippen molar-refractivity contribution in [3.63, 3.8) is 0 Å². The highest BCUT2D eigenvalue weighted by molar-refractivity contribution is 5.94. The van der Waals surface area contributed by atoms with Crippen LogP contribution >= 0.6 is 0 Å². The van der Waals surface area contributed by atoms with Crippen molar-refractivity contribution < 1.29 is 19.0 Å². The van der Waals surface area contributed by atoms with Crippen LogP contribution in [0.3, 0.4) is 0 Å². The summed E-state index contributed by atoms with van der Waals surface area (Å²) in [5.74, 6) is 1.17. The second-order valence-corrected chi connectivity index (χ2v) is 9.09. The maximum absolute atomic E-state index is 12.8. The number of carbonyl (C=O) groups excluding carboxylic acids is 1. The number of hydrogen-bond acceptors (Lipinski definition) is 6. The van der Waals surface area contributed by atoms with Gasteiger partial charge in [-0.1, -0.05) is 36.4 Å². The standard InChI is InChI=1S/C30H33N3O4/c1-33(27-12-15-35-16-13-27)14-17-36-28-10-4-6-23(18-28)21-32-30(34)24-9-5-11-29(19-24)37-22-26-8-3-2-7-25(26)20-31/h2-11,18-19,27H,12-17,21-22H2,1H3,(H,32,34). The van der Waals surface area contributed by atoms with Gasteiger partial charge in [-0.2, -0.15) is 5.26 Å². The molecule has 3 aromatic carbocycles. The van der Waals surface area contributed by atoms with Gasteiger partial charge in [0.2, 0.25) is 0 Å². The monoisotopic (exact) mass is 499 g/mol. The van der Waals surface area contributed by atoms with Crippen LogP contribution in [-0.2, 0) is 17.9 Å². The van der Waals surface area contributed by atoms with Crippen LogP contribution in [0.25, 0.3) is 0 Å². The van der Waals surface area contributed by atoms with Gasteiger partial charge in [0.25, 0.3) is 5.91 Å². The minimum absolute atomic E-state index is 0.188. The maximum Gasteiger partial charge on any atom is 0.251 e. The lowest BCUT2D eigenvalue weighted by molar-refractivity contribution is 0.0392. The Morgan fingerprint density at radius 1 is 1.03 bits per heavy atom. The molecule has 7 nitrogen and oxygen atoms in total. The fourth-order valence-corrected chi connectivity index (χ4v) is 4.29. The predicted molar refractivity (Wildman–Crippen MR) is 142 cm³/mol. The smallest absolute Gasteiger partial charge is 0.251 e. The average molecular weight is 500 g/mol. The van der Waals surface area contributed by atoms with E-state index in [1.807, 2.05) is 42.5 Å². The van der Waals surface area contributed by atoms with Crippen LogP contribution in [0.5, 0.6) is 11.5 Å². The first-order valence-electron chi connectivity index (χ1n) is 12.6. The Morgan fingerprint density at radius 3 is 2.59 bits per heavy atom. The zero-order valence-electron chi connectivity index (χ0n) is 21.2. The Labute approximate surface area is 218 Å². The number of likely N-dealkylation sites (N-methyl/N-ethyl adjacent to an activating group) is 1. The molecule has 1 N–H and O–H groups in total. The molecule has 3 aromatic rings. The van der Waals surface area contributed by atoms with Gasteiger partial charge in [-0.05, 0) is 61.9 Å². The van der Waals surface area contributed by atoms with Gasteiger partial charge in [-0.15, -0.1) is 0 Å². The van der Waals surface area contributed by atoms with Gasteiger partial charge in [0, 0.05) is 43.5 Å². The van der Waals surface area contributed by atoms with Gasteiger partial charge in [-0.25, -0.2) is 0 Å². The molecule has 1 aliphatic rings. The lowest BCUT2D eigenvalue weighted by Crippen LogP contribution is -2.38. The molecule has 37 heavy (non-hydrogen) atoms. The maximum atomic E-state index is 12.8. The Kier molecular flexibility index (Phi) is 9.53. The highest BCUT2D eigenvalue weighted by Crippen LogP contribution is 2.18. The van der Waals surface area contributed by atoms with E-state index in [0.717, 1.165) is 49.5 Å². The quantitative estimate of drug-likeness (QED) is 0.417. The zero-order valence-corrected chi connectivity index (χ0v) is 21.2. The van der Waals surface area contributed by atoms with E-state index in [4.69, 9.17) is 14.2 Å². The van der Waals surface area contributed by atoms with E-state index in [0.29, 0.717) is 36.1 Å². The third-order valence-corrected chi connectivity index (χ3v) is 6.51. The van der Waals surface area contributed by atoms with Gasteiger partial charge in [-0.3, -0.25) is 9.69 Å². The molecule has 1 amide bonds. The number of carbonyl (C=O) groups is 1. The normalized spacial score (nSPS) is 13.6. The van der Waals surface area contributed by atoms with Gasteiger partial charge >= 0.3 is 0 Å². The summed E-state index contributed by atoms with van der Waals surface area (Å²) in [6, 6.07) is 24.9. The molecule has 4 rings (SSSR count). The van der Waals surface area contributed by atoms with E-state index in [1.165, 1.54) is 0 Å². The molecular weight excluding hydrogens is 466 g/mol. The summed E-state index contributed by atoms with van der Waals surface area (Å²) in [7, 11) is 2.14. The lowest BCUT2D eigenvalue weighted by Gasteiger charge is -2.31. The van der Waals surface area contributed by atoms with E-state index in [-0.39, 0.29) is 12.5 Å². The van der Waals surface area contributed by atoms with E-state index in [9.17, 15) is 10.1 Å². The average Bonchev–Trinajstić information content (AvgIpc) is 2.95. The van der Waals surface area contributed by atoms with Crippen molar-refractivity contribution in [2.45, 2.75) is 32.0 Å². The van der Waals surface area contributed by atoms with Crippen LogP contribution in [0.4, 0.5) is 0 Å². The van der Waals surface area contributed by atoms with Crippen LogP contribution in [-0.4, -0.2) is 50.3 Å². The summed E-state index contributed by atoms with van der Waals surface area (Å²) in [6.45, 7) is 3.77. The van der Waals surface area contributed by atoms with E-state index < -0.39 is 0 Å². The van der Waals surface area contributed by atoms with Gasteiger partial charge in [0.1, 0.15) is 24.7 Å². The predicted octanol–water partition coefficient (Wildman–Crippen LogP) is 4.56. The molecule has 0 spiro atoms. The molecule has 0 aromatic heterocycles. The largest absolute Gasteiger partial charge is 0.492 e. The first kappa shape index (κ1) is 26.2. The van der Waals surface area contributed by atoms with Crippen molar-refractivity contribution in [1.29, 1.82) is 5.26 Å². The van der Waals surface area contributed by atoms with Crippen LogP contribution in [0.15, 0.2) is 72.8 Å². The summed E-state index contributed by atoms with van der Waals surface area (Å²) < 4.78 is 17.3. The molecule has 1 aliphatic heterocycles. The van der Waals surface area contributed by atoms with Crippen molar-refractivity contribution >= 4 is 5.91 Å². The third kappa shape index (κ3) is 7.81. The van der Waals surface area contributed by atoms with Crippen molar-refractivity contribution in [2.75, 3.05) is 33.4 Å². The summed E-state index contributed by atoms with van der Waals surface area (Å²) in [6.07, 6.45) is 2.13. The molecule has 192 valence electrons. The van der Waals surface area contributed by atoms with Crippen LogP contribution in [0.2, 0.25) is 0 Å². The number of nitrogens with one attached hydrogen (secondary N) is 1. The van der Waals surface area contributed by atoms with Crippen molar-refractivity contribution in [3.8, 4) is 17.6 Å². The van der Waals surface area contributed by atoms with Crippen molar-refractivity contribution in [3.05, 3.63) is 95.1 Å². The second-order valence-electron chi connectivity index (χ2n) is 9.09. The van der Waals surface area contributed by atoms with Crippen molar-refractivity contribution in [1.82, 2.24) is 10.2 Å². The molecule has 0 atom stereocenters. The number of amides is 1. The molecule has 0 unspecified atom stereocenters. The van der Waals surface area contributed by atoms with Crippen LogP contribution < -0.4 is 14.8 Å². The van der Waals surface area contributed by atoms with E-state index in [2.05, 4.69) is 23.3 Å². The molecular formula is C30H33N3O4. The fraction of sp³-hybridized carbons (Fsp3) is 0.333. The first-order valence-corrected chi connectivity index (χ1v) is 12.6. The van der Waals surface area contributed by atoms with E-state index >= 15 is 0 Å². The summed E-state index contributed by atoms with van der Waals surface area (Å²) in [5, 5.41) is 12.2. The molecule has 0 bridgehead atoms. The van der Waals surface area contributed by atoms with Gasteiger partial charge < -0.3 is 19.5 Å². The SMILES string of the molecule is CN(CCOc1cccc(CNC(=O)c2cccc(OCc3ccccc3C#N)c2)c1)C1CCOCC1. The lowest BCUT2D eigenvalue weighted by atomic mass is 10.1. The Balaban J connectivity index is 1.25. The fourth-order valence-electron chi connectivity index (χ4n) is 4.29. The van der Waals surface area contributed by atoms with Crippen LogP contribution in [0.1, 0.15) is 39.9 Å². The van der Waals surface area contributed by atoms with Crippen molar-refractivity contribution in [2.24, 2.45) is 0 Å². The molecule has 0 aliphatic carbocycles. The number of hydrogen-bond donors (Lipinski definition) is 1. The molecule has 1 fully saturated rings. The van der Waals surface area contributed by atoms with Gasteiger partial charge in [0.15, 0.2) is 0 Å². The molecule has 0 radical (unpaired) electrons. The Morgan fingerprint density at radius 2 is 1.78 bits per heavy atom. The van der Waals surface area contributed by atoms with Crippen LogP contribution in [0, 0.1) is 11.3 Å². The molecule has 1 saturated heterocycles. The second kappa shape index (κ2) is 13.4. The third-order valence-electron chi connectivity index (χ3n) is 6.51. The summed E-state index contributed by atoms with van der Waals surface area (Å²) >= 11 is 0. The topological polar surface area (TPSA) is 83.8 Å². The Hall–Kier alpha value is -3.86. The Bertz CT molecular complexity index is 1220. The highest BCUT2D eigenvalue weighted by Gasteiger charge is 2.18. The highest BCUT2D eigenvalue weighted by atomic mass is 16.5. The molecule has 7 heteroatoms. The van der Waals surface area contributed by atoms with Gasteiger partial charge in [0.05, 0.1) is 11.6 Å². The first-order chi connectivity index (χ1) is 18.1. The number of nitriles is 1. The number of nitrogens with zero attached hydrogens (tertiary/aromatic N) is 2. The minimum Gasteiger partial charge on any atom is -0.492 e. The molecule has 1 heterocycles. The minimum atomic E-state index is -0.188. The van der Waals surface area contributed by atoms with E-state index in [1.54, 1.807) is 30.3 Å². The number of benzene rings is 3. The summed E-state index contributed by atoms with van der Waals surface area (Å²) in [5.41, 5.74) is 2.85. The number of rotatable bonds is 11. The molecule has 0 saturated carbocycles. The summed E-state index contributed by atoms with van der Waals surface area (Å²) in [4.78, 5) is 15.1. The number of ether oxygens (including phenoxy) is 3. The zero-order chi connectivity index (χ0) is 25.9.